The van der Waals surface area contributed by atoms with E-state index in [-0.39, 0.29) is 11.5 Å². The first-order chi connectivity index (χ1) is 8.25. The highest BCUT2D eigenvalue weighted by molar-refractivity contribution is 5.16. The molecule has 5 nitrogen and oxygen atoms in total. The maximum Gasteiger partial charge on any atom is 0.234 e. The number of aromatic nitrogens is 2. The van der Waals surface area contributed by atoms with Gasteiger partial charge < -0.3 is 15.0 Å². The molecule has 1 saturated carbocycles. The van der Waals surface area contributed by atoms with Crippen molar-refractivity contribution < 1.29 is 9.26 Å². The summed E-state index contributed by atoms with van der Waals surface area (Å²) in [5, 5.41) is 4.04. The number of nitrogens with zero attached hydrogens (tertiary/aromatic N) is 2. The predicted octanol–water partition coefficient (Wildman–Crippen LogP) is 1.94. The predicted molar refractivity (Wildman–Crippen MR) is 63.5 cm³/mol. The smallest absolute Gasteiger partial charge is 0.234 e. The lowest BCUT2D eigenvalue weighted by Gasteiger charge is -2.11. The van der Waals surface area contributed by atoms with Gasteiger partial charge in [0.25, 0.3) is 0 Å². The van der Waals surface area contributed by atoms with E-state index in [1.54, 1.807) is 0 Å². The molecule has 1 fully saturated rings. The van der Waals surface area contributed by atoms with Gasteiger partial charge in [-0.05, 0) is 26.2 Å². The van der Waals surface area contributed by atoms with Gasteiger partial charge in [0, 0.05) is 13.2 Å². The van der Waals surface area contributed by atoms with Crippen molar-refractivity contribution in [2.45, 2.75) is 51.0 Å². The number of ether oxygens (including phenoxy) is 1. The molecule has 1 unspecified atom stereocenters. The van der Waals surface area contributed by atoms with Gasteiger partial charge in [0.2, 0.25) is 11.7 Å². The van der Waals surface area contributed by atoms with Crippen molar-refractivity contribution in [3.8, 4) is 0 Å². The third-order valence-electron chi connectivity index (χ3n) is 3.35. The molecule has 1 atom stereocenters. The van der Waals surface area contributed by atoms with Crippen LogP contribution in [0.2, 0.25) is 0 Å². The van der Waals surface area contributed by atoms with Gasteiger partial charge in [-0.2, -0.15) is 4.98 Å². The van der Waals surface area contributed by atoms with Crippen molar-refractivity contribution in [2.75, 3.05) is 13.2 Å². The van der Waals surface area contributed by atoms with E-state index in [9.17, 15) is 0 Å². The molecule has 2 rings (SSSR count). The molecule has 0 aromatic carbocycles. The molecular formula is C12H21N3O2. The van der Waals surface area contributed by atoms with Crippen molar-refractivity contribution in [2.24, 2.45) is 5.73 Å². The number of nitrogens with two attached hydrogens (primary N) is 1. The normalized spacial score (nSPS) is 19.2. The van der Waals surface area contributed by atoms with Crippen LogP contribution in [0, 0.1) is 0 Å². The summed E-state index contributed by atoms with van der Waals surface area (Å²) in [6.07, 6.45) is 4.02. The van der Waals surface area contributed by atoms with Crippen LogP contribution in [-0.4, -0.2) is 23.3 Å². The first kappa shape index (κ1) is 12.5. The first-order valence-corrected chi connectivity index (χ1v) is 6.41. The standard InChI is InChI=1S/C12H21N3O2/c1-3-5-9(16-4-2)10-14-11(17-15-10)12(8-13)6-7-12/h9H,3-8,13H2,1-2H3. The number of hydrogen-bond acceptors (Lipinski definition) is 5. The quantitative estimate of drug-likeness (QED) is 0.787. The summed E-state index contributed by atoms with van der Waals surface area (Å²) < 4.78 is 11.0. The highest BCUT2D eigenvalue weighted by atomic mass is 16.5. The second kappa shape index (κ2) is 5.14. The lowest BCUT2D eigenvalue weighted by molar-refractivity contribution is 0.0477. The molecule has 1 aromatic heterocycles. The minimum absolute atomic E-state index is 0.0335. The Morgan fingerprint density at radius 3 is 2.76 bits per heavy atom. The highest BCUT2D eigenvalue weighted by Gasteiger charge is 2.48. The maximum absolute atomic E-state index is 5.74. The Bertz CT molecular complexity index is 354. The van der Waals surface area contributed by atoms with E-state index in [0.717, 1.165) is 25.7 Å². The first-order valence-electron chi connectivity index (χ1n) is 6.41. The molecule has 1 heterocycles. The lowest BCUT2D eigenvalue weighted by Crippen LogP contribution is -2.20. The van der Waals surface area contributed by atoms with Gasteiger partial charge in [0.1, 0.15) is 6.10 Å². The zero-order valence-electron chi connectivity index (χ0n) is 10.6. The van der Waals surface area contributed by atoms with Crippen LogP contribution in [0.3, 0.4) is 0 Å². The van der Waals surface area contributed by atoms with Crippen LogP contribution in [0.1, 0.15) is 57.3 Å². The summed E-state index contributed by atoms with van der Waals surface area (Å²) in [5.74, 6) is 1.36. The van der Waals surface area contributed by atoms with Crippen molar-refractivity contribution in [1.82, 2.24) is 10.1 Å². The SMILES string of the molecule is CCCC(OCC)c1noc(C2(CN)CC2)n1. The van der Waals surface area contributed by atoms with E-state index in [1.807, 2.05) is 6.92 Å². The minimum atomic E-state index is -0.0453. The van der Waals surface area contributed by atoms with Gasteiger partial charge in [0.15, 0.2) is 0 Å². The van der Waals surface area contributed by atoms with Crippen LogP contribution in [0.5, 0.6) is 0 Å². The fraction of sp³-hybridized carbons (Fsp3) is 0.833. The van der Waals surface area contributed by atoms with E-state index in [0.29, 0.717) is 24.9 Å². The minimum Gasteiger partial charge on any atom is -0.370 e. The molecule has 1 aliphatic carbocycles. The van der Waals surface area contributed by atoms with Crippen LogP contribution in [0.15, 0.2) is 4.52 Å². The molecule has 0 saturated heterocycles. The largest absolute Gasteiger partial charge is 0.370 e. The van der Waals surface area contributed by atoms with Crippen LogP contribution in [0.25, 0.3) is 0 Å². The topological polar surface area (TPSA) is 74.2 Å². The molecule has 17 heavy (non-hydrogen) atoms. The van der Waals surface area contributed by atoms with Gasteiger partial charge in [-0.25, -0.2) is 0 Å². The Balaban J connectivity index is 2.10. The van der Waals surface area contributed by atoms with Gasteiger partial charge in [0.05, 0.1) is 5.41 Å². The van der Waals surface area contributed by atoms with Crippen LogP contribution < -0.4 is 5.73 Å². The van der Waals surface area contributed by atoms with E-state index >= 15 is 0 Å². The summed E-state index contributed by atoms with van der Waals surface area (Å²) in [7, 11) is 0. The van der Waals surface area contributed by atoms with Gasteiger partial charge >= 0.3 is 0 Å². The Morgan fingerprint density at radius 1 is 1.47 bits per heavy atom. The monoisotopic (exact) mass is 239 g/mol. The molecular weight excluding hydrogens is 218 g/mol. The van der Waals surface area contributed by atoms with E-state index in [2.05, 4.69) is 17.1 Å². The molecule has 0 amide bonds. The molecule has 0 radical (unpaired) electrons. The van der Waals surface area contributed by atoms with Gasteiger partial charge in [-0.1, -0.05) is 18.5 Å². The van der Waals surface area contributed by atoms with E-state index in [1.165, 1.54) is 0 Å². The van der Waals surface area contributed by atoms with Crippen molar-refractivity contribution in [1.29, 1.82) is 0 Å². The van der Waals surface area contributed by atoms with Crippen molar-refractivity contribution >= 4 is 0 Å². The van der Waals surface area contributed by atoms with Crippen molar-refractivity contribution in [3.05, 3.63) is 11.7 Å². The van der Waals surface area contributed by atoms with Gasteiger partial charge in [-0.15, -0.1) is 0 Å². The number of hydrogen-bond donors (Lipinski definition) is 1. The maximum atomic E-state index is 5.74. The lowest BCUT2D eigenvalue weighted by atomic mass is 10.1. The summed E-state index contributed by atoms with van der Waals surface area (Å²) in [4.78, 5) is 4.47. The zero-order chi connectivity index (χ0) is 12.3. The Morgan fingerprint density at radius 2 is 2.24 bits per heavy atom. The van der Waals surface area contributed by atoms with Crippen LogP contribution >= 0.6 is 0 Å². The van der Waals surface area contributed by atoms with Crippen molar-refractivity contribution in [3.63, 3.8) is 0 Å². The second-order valence-corrected chi connectivity index (χ2v) is 4.67. The second-order valence-electron chi connectivity index (χ2n) is 4.67. The molecule has 0 spiro atoms. The molecule has 1 aliphatic rings. The third kappa shape index (κ3) is 2.50. The summed E-state index contributed by atoms with van der Waals surface area (Å²) in [6, 6.07) is 0. The molecule has 96 valence electrons. The molecule has 5 heteroatoms. The number of rotatable bonds is 7. The molecule has 2 N–H and O–H groups in total. The van der Waals surface area contributed by atoms with E-state index in [4.69, 9.17) is 15.0 Å². The van der Waals surface area contributed by atoms with Gasteiger partial charge in [-0.3, -0.25) is 0 Å². The zero-order valence-corrected chi connectivity index (χ0v) is 10.6. The summed E-state index contributed by atoms with van der Waals surface area (Å²) in [6.45, 7) is 5.35. The molecule has 0 bridgehead atoms. The van der Waals surface area contributed by atoms with Crippen LogP contribution in [-0.2, 0) is 10.2 Å². The van der Waals surface area contributed by atoms with E-state index < -0.39 is 0 Å². The fourth-order valence-corrected chi connectivity index (χ4v) is 1.99. The summed E-state index contributed by atoms with van der Waals surface area (Å²) >= 11 is 0. The average Bonchev–Trinajstić information content (AvgIpc) is 2.99. The summed E-state index contributed by atoms with van der Waals surface area (Å²) in [5.41, 5.74) is 5.71. The Labute approximate surface area is 102 Å². The Hall–Kier alpha value is -0.940. The fourth-order valence-electron chi connectivity index (χ4n) is 1.99. The molecule has 0 aliphatic heterocycles. The molecule has 1 aromatic rings. The third-order valence-corrected chi connectivity index (χ3v) is 3.35. The Kier molecular flexibility index (Phi) is 3.79. The van der Waals surface area contributed by atoms with Crippen LogP contribution in [0.4, 0.5) is 0 Å². The highest BCUT2D eigenvalue weighted by Crippen LogP contribution is 2.46. The average molecular weight is 239 g/mol.